The lowest BCUT2D eigenvalue weighted by molar-refractivity contribution is -0.384. The van der Waals surface area contributed by atoms with Gasteiger partial charge in [-0.1, -0.05) is 29.8 Å². The Balaban J connectivity index is 2.18. The molecule has 0 spiro atoms. The Morgan fingerprint density at radius 3 is 2.48 bits per heavy atom. The molecule has 0 heterocycles. The highest BCUT2D eigenvalue weighted by Gasteiger charge is 2.12. The van der Waals surface area contributed by atoms with Crippen molar-refractivity contribution in [2.75, 3.05) is 7.05 Å². The standard InChI is InChI=1S/C15H14BrClN2O2/c1-18-15(11-4-7-14(17)13(16)9-11)8-10-2-5-12(6-3-10)19(20)21/h2-7,9,15,18H,8H2,1H3. The fraction of sp³-hybridized carbons (Fsp3) is 0.200. The molecule has 0 radical (unpaired) electrons. The normalized spacial score (nSPS) is 12.1. The van der Waals surface area contributed by atoms with E-state index in [-0.39, 0.29) is 11.7 Å². The van der Waals surface area contributed by atoms with Crippen molar-refractivity contribution in [2.45, 2.75) is 12.5 Å². The summed E-state index contributed by atoms with van der Waals surface area (Å²) in [6.07, 6.45) is 0.739. The second kappa shape index (κ2) is 7.02. The molecule has 0 amide bonds. The Labute approximate surface area is 136 Å². The van der Waals surface area contributed by atoms with Gasteiger partial charge in [0.05, 0.1) is 9.95 Å². The number of nitro benzene ring substituents is 1. The average molecular weight is 370 g/mol. The van der Waals surface area contributed by atoms with Crippen LogP contribution < -0.4 is 5.32 Å². The first-order valence-electron chi connectivity index (χ1n) is 6.37. The molecule has 110 valence electrons. The molecule has 1 unspecified atom stereocenters. The van der Waals surface area contributed by atoms with E-state index in [1.165, 1.54) is 12.1 Å². The van der Waals surface area contributed by atoms with Crippen LogP contribution in [-0.2, 0) is 6.42 Å². The van der Waals surface area contributed by atoms with Gasteiger partial charge in [0.15, 0.2) is 0 Å². The summed E-state index contributed by atoms with van der Waals surface area (Å²) in [5.41, 5.74) is 2.24. The third kappa shape index (κ3) is 4.03. The number of hydrogen-bond acceptors (Lipinski definition) is 3. The van der Waals surface area contributed by atoms with Crippen LogP contribution in [0, 0.1) is 10.1 Å². The van der Waals surface area contributed by atoms with Crippen molar-refractivity contribution >= 4 is 33.2 Å². The SMILES string of the molecule is CNC(Cc1ccc([N+](=O)[O-])cc1)c1ccc(Cl)c(Br)c1. The van der Waals surface area contributed by atoms with E-state index >= 15 is 0 Å². The highest BCUT2D eigenvalue weighted by Crippen LogP contribution is 2.27. The Hall–Kier alpha value is -1.43. The summed E-state index contributed by atoms with van der Waals surface area (Å²) in [7, 11) is 1.89. The van der Waals surface area contributed by atoms with E-state index in [1.807, 2.05) is 25.2 Å². The molecule has 4 nitrogen and oxygen atoms in total. The minimum Gasteiger partial charge on any atom is -0.313 e. The van der Waals surface area contributed by atoms with Gasteiger partial charge in [-0.2, -0.15) is 0 Å². The van der Waals surface area contributed by atoms with Gasteiger partial charge in [0.2, 0.25) is 0 Å². The number of nitro groups is 1. The molecule has 0 aliphatic heterocycles. The van der Waals surface area contributed by atoms with Crippen LogP contribution in [0.3, 0.4) is 0 Å². The van der Waals surface area contributed by atoms with E-state index in [2.05, 4.69) is 21.2 Å². The molecule has 6 heteroatoms. The largest absolute Gasteiger partial charge is 0.313 e. The lowest BCUT2D eigenvalue weighted by Crippen LogP contribution is -2.18. The average Bonchev–Trinajstić information content (AvgIpc) is 2.48. The van der Waals surface area contributed by atoms with Crippen LogP contribution in [0.25, 0.3) is 0 Å². The Morgan fingerprint density at radius 1 is 1.29 bits per heavy atom. The fourth-order valence-corrected chi connectivity index (χ4v) is 2.62. The van der Waals surface area contributed by atoms with E-state index in [4.69, 9.17) is 11.6 Å². The maximum Gasteiger partial charge on any atom is 0.269 e. The zero-order chi connectivity index (χ0) is 15.4. The molecule has 0 saturated heterocycles. The van der Waals surface area contributed by atoms with Crippen molar-refractivity contribution in [3.05, 3.63) is 73.2 Å². The molecule has 0 fully saturated rings. The van der Waals surface area contributed by atoms with Gasteiger partial charge in [0.25, 0.3) is 5.69 Å². The van der Waals surface area contributed by atoms with Gasteiger partial charge in [0, 0.05) is 22.6 Å². The molecule has 0 aliphatic rings. The molecule has 2 aromatic rings. The number of nitrogens with zero attached hydrogens (tertiary/aromatic N) is 1. The third-order valence-corrected chi connectivity index (χ3v) is 4.50. The maximum atomic E-state index is 10.7. The minimum atomic E-state index is -0.393. The van der Waals surface area contributed by atoms with Crippen LogP contribution in [0.2, 0.25) is 5.02 Å². The van der Waals surface area contributed by atoms with E-state index < -0.39 is 4.92 Å². The van der Waals surface area contributed by atoms with Crippen LogP contribution in [0.1, 0.15) is 17.2 Å². The van der Waals surface area contributed by atoms with Gasteiger partial charge in [0.1, 0.15) is 0 Å². The molecule has 2 aromatic carbocycles. The molecule has 1 N–H and O–H groups in total. The monoisotopic (exact) mass is 368 g/mol. The molecule has 0 aliphatic carbocycles. The van der Waals surface area contributed by atoms with Crippen LogP contribution in [0.15, 0.2) is 46.9 Å². The molecule has 2 rings (SSSR count). The predicted molar refractivity (Wildman–Crippen MR) is 87.8 cm³/mol. The van der Waals surface area contributed by atoms with Crippen LogP contribution in [0.5, 0.6) is 0 Å². The van der Waals surface area contributed by atoms with E-state index in [9.17, 15) is 10.1 Å². The van der Waals surface area contributed by atoms with Crippen molar-refractivity contribution in [2.24, 2.45) is 0 Å². The summed E-state index contributed by atoms with van der Waals surface area (Å²) in [4.78, 5) is 10.3. The van der Waals surface area contributed by atoms with Crippen molar-refractivity contribution in [1.82, 2.24) is 5.32 Å². The number of hydrogen-bond donors (Lipinski definition) is 1. The lowest BCUT2D eigenvalue weighted by atomic mass is 9.99. The fourth-order valence-electron chi connectivity index (χ4n) is 2.11. The van der Waals surface area contributed by atoms with Crippen LogP contribution in [0.4, 0.5) is 5.69 Å². The number of likely N-dealkylation sites (N-methyl/N-ethyl adjacent to an activating group) is 1. The van der Waals surface area contributed by atoms with Crippen LogP contribution >= 0.6 is 27.5 Å². The first kappa shape index (κ1) is 15.9. The van der Waals surface area contributed by atoms with Gasteiger partial charge in [-0.15, -0.1) is 0 Å². The summed E-state index contributed by atoms with van der Waals surface area (Å²) < 4.78 is 0.852. The number of nitrogens with one attached hydrogen (secondary N) is 1. The zero-order valence-electron chi connectivity index (χ0n) is 11.3. The van der Waals surface area contributed by atoms with Crippen molar-refractivity contribution in [3.63, 3.8) is 0 Å². The lowest BCUT2D eigenvalue weighted by Gasteiger charge is -2.17. The summed E-state index contributed by atoms with van der Waals surface area (Å²) in [6.45, 7) is 0. The van der Waals surface area contributed by atoms with Crippen molar-refractivity contribution in [1.29, 1.82) is 0 Å². The molecule has 0 bridgehead atoms. The van der Waals surface area contributed by atoms with E-state index in [1.54, 1.807) is 12.1 Å². The smallest absolute Gasteiger partial charge is 0.269 e. The first-order chi connectivity index (χ1) is 10.0. The van der Waals surface area contributed by atoms with E-state index in [0.29, 0.717) is 5.02 Å². The molecular formula is C15H14BrClN2O2. The van der Waals surface area contributed by atoms with Gasteiger partial charge in [-0.3, -0.25) is 10.1 Å². The maximum absolute atomic E-state index is 10.7. The topological polar surface area (TPSA) is 55.2 Å². The number of rotatable bonds is 5. The third-order valence-electron chi connectivity index (χ3n) is 3.28. The van der Waals surface area contributed by atoms with Crippen LogP contribution in [-0.4, -0.2) is 12.0 Å². The summed E-state index contributed by atoms with van der Waals surface area (Å²) in [5, 5.41) is 14.6. The van der Waals surface area contributed by atoms with Gasteiger partial charge < -0.3 is 5.32 Å². The highest BCUT2D eigenvalue weighted by atomic mass is 79.9. The molecule has 0 saturated carbocycles. The Morgan fingerprint density at radius 2 is 1.95 bits per heavy atom. The van der Waals surface area contributed by atoms with Gasteiger partial charge >= 0.3 is 0 Å². The highest BCUT2D eigenvalue weighted by molar-refractivity contribution is 9.10. The number of benzene rings is 2. The van der Waals surface area contributed by atoms with Crippen molar-refractivity contribution in [3.8, 4) is 0 Å². The second-order valence-electron chi connectivity index (χ2n) is 4.64. The predicted octanol–water partition coefficient (Wildman–Crippen LogP) is 4.51. The van der Waals surface area contributed by atoms with Crippen molar-refractivity contribution < 1.29 is 4.92 Å². The van der Waals surface area contributed by atoms with E-state index in [0.717, 1.165) is 22.0 Å². The minimum absolute atomic E-state index is 0.106. The number of non-ortho nitro benzene ring substituents is 1. The second-order valence-corrected chi connectivity index (χ2v) is 5.90. The summed E-state index contributed by atoms with van der Waals surface area (Å²) in [5.74, 6) is 0. The summed E-state index contributed by atoms with van der Waals surface area (Å²) in [6, 6.07) is 12.5. The van der Waals surface area contributed by atoms with Gasteiger partial charge in [-0.25, -0.2) is 0 Å². The molecule has 1 atom stereocenters. The first-order valence-corrected chi connectivity index (χ1v) is 7.54. The number of halogens is 2. The Bertz CT molecular complexity index is 647. The molecule has 21 heavy (non-hydrogen) atoms. The molecular weight excluding hydrogens is 356 g/mol. The Kier molecular flexibility index (Phi) is 5.33. The zero-order valence-corrected chi connectivity index (χ0v) is 13.7. The quantitative estimate of drug-likeness (QED) is 0.623. The van der Waals surface area contributed by atoms with Gasteiger partial charge in [-0.05, 0) is 52.7 Å². The molecule has 0 aromatic heterocycles. The summed E-state index contributed by atoms with van der Waals surface area (Å²) >= 11 is 9.42.